The molecule has 86 valence electrons. The molecule has 2 heterocycles. The number of hydrogen-bond donors (Lipinski definition) is 2. The summed E-state index contributed by atoms with van der Waals surface area (Å²) < 4.78 is 7.09. The van der Waals surface area contributed by atoms with Crippen molar-refractivity contribution < 1.29 is 9.84 Å². The lowest BCUT2D eigenvalue weighted by atomic mass is 10.5. The van der Waals surface area contributed by atoms with Crippen LogP contribution in [0.2, 0.25) is 0 Å². The standard InChI is InChI=1S/C9H13N5O2/c1-6(16-3-2-15)14-5-12-7-4-11-9(10)13-8(7)14/h4-6,15H,2-3H2,1H3,(H2,10,11,13). The van der Waals surface area contributed by atoms with E-state index in [4.69, 9.17) is 15.6 Å². The van der Waals surface area contributed by atoms with Gasteiger partial charge in [0.25, 0.3) is 0 Å². The summed E-state index contributed by atoms with van der Waals surface area (Å²) in [7, 11) is 0. The van der Waals surface area contributed by atoms with Gasteiger partial charge in [0.15, 0.2) is 5.65 Å². The summed E-state index contributed by atoms with van der Waals surface area (Å²) in [4.78, 5) is 12.1. The Morgan fingerprint density at radius 1 is 1.56 bits per heavy atom. The van der Waals surface area contributed by atoms with E-state index in [9.17, 15) is 0 Å². The zero-order chi connectivity index (χ0) is 11.5. The van der Waals surface area contributed by atoms with Crippen LogP contribution in [0.1, 0.15) is 13.2 Å². The van der Waals surface area contributed by atoms with Crippen molar-refractivity contribution in [1.82, 2.24) is 19.5 Å². The third-order valence-electron chi connectivity index (χ3n) is 2.18. The molecule has 0 bridgehead atoms. The Morgan fingerprint density at radius 3 is 3.12 bits per heavy atom. The molecular formula is C9H13N5O2. The molecule has 1 atom stereocenters. The van der Waals surface area contributed by atoms with Crippen LogP contribution in [0.25, 0.3) is 11.2 Å². The highest BCUT2D eigenvalue weighted by atomic mass is 16.5. The smallest absolute Gasteiger partial charge is 0.222 e. The maximum absolute atomic E-state index is 8.67. The van der Waals surface area contributed by atoms with E-state index < -0.39 is 0 Å². The lowest BCUT2D eigenvalue weighted by molar-refractivity contribution is -0.000868. The fourth-order valence-electron chi connectivity index (χ4n) is 1.41. The van der Waals surface area contributed by atoms with E-state index in [1.165, 1.54) is 0 Å². The van der Waals surface area contributed by atoms with Crippen molar-refractivity contribution in [1.29, 1.82) is 0 Å². The van der Waals surface area contributed by atoms with Crippen molar-refractivity contribution in [3.8, 4) is 0 Å². The molecule has 0 aliphatic rings. The van der Waals surface area contributed by atoms with Crippen LogP contribution in [0.4, 0.5) is 5.95 Å². The first-order chi connectivity index (χ1) is 7.72. The molecule has 0 spiro atoms. The van der Waals surface area contributed by atoms with Crippen LogP contribution in [0.15, 0.2) is 12.5 Å². The molecule has 0 radical (unpaired) electrons. The first-order valence-corrected chi connectivity index (χ1v) is 4.90. The number of nitrogen functional groups attached to an aromatic ring is 1. The van der Waals surface area contributed by atoms with Crippen LogP contribution in [-0.2, 0) is 4.74 Å². The summed E-state index contributed by atoms with van der Waals surface area (Å²) in [5, 5.41) is 8.67. The summed E-state index contributed by atoms with van der Waals surface area (Å²) in [6, 6.07) is 0. The zero-order valence-corrected chi connectivity index (χ0v) is 8.87. The van der Waals surface area contributed by atoms with Crippen molar-refractivity contribution in [2.24, 2.45) is 0 Å². The first kappa shape index (κ1) is 10.8. The van der Waals surface area contributed by atoms with E-state index >= 15 is 0 Å². The SMILES string of the molecule is CC(OCCO)n1cnc2cnc(N)nc21. The van der Waals surface area contributed by atoms with Gasteiger partial charge in [-0.3, -0.25) is 4.57 Å². The molecule has 0 aliphatic carbocycles. The molecule has 0 amide bonds. The van der Waals surface area contributed by atoms with Crippen LogP contribution in [0.5, 0.6) is 0 Å². The van der Waals surface area contributed by atoms with Gasteiger partial charge in [-0.1, -0.05) is 0 Å². The molecular weight excluding hydrogens is 210 g/mol. The van der Waals surface area contributed by atoms with Crippen LogP contribution in [-0.4, -0.2) is 37.8 Å². The fraction of sp³-hybridized carbons (Fsp3) is 0.444. The molecule has 7 heteroatoms. The third kappa shape index (κ3) is 1.95. The molecule has 3 N–H and O–H groups in total. The van der Waals surface area contributed by atoms with Gasteiger partial charge < -0.3 is 15.6 Å². The highest BCUT2D eigenvalue weighted by Gasteiger charge is 2.11. The van der Waals surface area contributed by atoms with E-state index in [2.05, 4.69) is 15.0 Å². The maximum atomic E-state index is 8.67. The third-order valence-corrected chi connectivity index (χ3v) is 2.18. The summed E-state index contributed by atoms with van der Waals surface area (Å²) in [5.41, 5.74) is 6.79. The number of hydrogen-bond acceptors (Lipinski definition) is 6. The Labute approximate surface area is 91.9 Å². The average Bonchev–Trinajstić information content (AvgIpc) is 2.68. The minimum atomic E-state index is -0.258. The Morgan fingerprint density at radius 2 is 2.38 bits per heavy atom. The highest BCUT2D eigenvalue weighted by Crippen LogP contribution is 2.16. The van der Waals surface area contributed by atoms with Crippen molar-refractivity contribution in [2.45, 2.75) is 13.2 Å². The molecule has 7 nitrogen and oxygen atoms in total. The number of anilines is 1. The molecule has 0 saturated heterocycles. The minimum Gasteiger partial charge on any atom is -0.394 e. The van der Waals surface area contributed by atoms with Crippen LogP contribution in [0, 0.1) is 0 Å². The number of imidazole rings is 1. The first-order valence-electron chi connectivity index (χ1n) is 4.90. The second-order valence-corrected chi connectivity index (χ2v) is 3.28. The molecule has 16 heavy (non-hydrogen) atoms. The molecule has 0 aliphatic heterocycles. The average molecular weight is 223 g/mol. The van der Waals surface area contributed by atoms with Gasteiger partial charge in [-0.2, -0.15) is 4.98 Å². The number of nitrogens with zero attached hydrogens (tertiary/aromatic N) is 4. The largest absolute Gasteiger partial charge is 0.394 e. The number of fused-ring (bicyclic) bond motifs is 1. The Balaban J connectivity index is 2.33. The quantitative estimate of drug-likeness (QED) is 0.753. The Bertz CT molecular complexity index is 484. The van der Waals surface area contributed by atoms with E-state index in [0.29, 0.717) is 11.2 Å². The number of nitrogens with two attached hydrogens (primary N) is 1. The number of rotatable bonds is 4. The summed E-state index contributed by atoms with van der Waals surface area (Å²) >= 11 is 0. The van der Waals surface area contributed by atoms with Crippen LogP contribution < -0.4 is 5.73 Å². The minimum absolute atomic E-state index is 0.0197. The van der Waals surface area contributed by atoms with Crippen molar-refractivity contribution in [2.75, 3.05) is 18.9 Å². The summed E-state index contributed by atoms with van der Waals surface area (Å²) in [5.74, 6) is 0.198. The zero-order valence-electron chi connectivity index (χ0n) is 8.87. The normalized spacial score (nSPS) is 13.1. The number of ether oxygens (including phenoxy) is 1. The van der Waals surface area contributed by atoms with E-state index in [0.717, 1.165) is 0 Å². The number of aliphatic hydroxyl groups is 1. The predicted molar refractivity (Wildman–Crippen MR) is 57.5 cm³/mol. The van der Waals surface area contributed by atoms with Gasteiger partial charge in [0, 0.05) is 0 Å². The topological polar surface area (TPSA) is 99.1 Å². The summed E-state index contributed by atoms with van der Waals surface area (Å²) in [6.45, 7) is 2.09. The summed E-state index contributed by atoms with van der Waals surface area (Å²) in [6.07, 6.45) is 2.92. The van der Waals surface area contributed by atoms with Crippen molar-refractivity contribution >= 4 is 17.1 Å². The van der Waals surface area contributed by atoms with Crippen molar-refractivity contribution in [3.63, 3.8) is 0 Å². The number of aliphatic hydroxyl groups excluding tert-OH is 1. The molecule has 2 rings (SSSR count). The van der Waals surface area contributed by atoms with Gasteiger partial charge in [-0.15, -0.1) is 0 Å². The van der Waals surface area contributed by atoms with Crippen LogP contribution >= 0.6 is 0 Å². The van der Waals surface area contributed by atoms with E-state index in [-0.39, 0.29) is 25.4 Å². The lowest BCUT2D eigenvalue weighted by Gasteiger charge is -2.13. The Kier molecular flexibility index (Phi) is 2.97. The molecule has 2 aromatic rings. The fourth-order valence-corrected chi connectivity index (χ4v) is 1.41. The highest BCUT2D eigenvalue weighted by molar-refractivity contribution is 5.70. The van der Waals surface area contributed by atoms with Gasteiger partial charge in [0.1, 0.15) is 11.7 Å². The number of aromatic nitrogens is 4. The molecule has 0 saturated carbocycles. The molecule has 0 fully saturated rings. The second kappa shape index (κ2) is 4.42. The molecule has 1 unspecified atom stereocenters. The van der Waals surface area contributed by atoms with Gasteiger partial charge in [-0.25, -0.2) is 9.97 Å². The van der Waals surface area contributed by atoms with Gasteiger partial charge >= 0.3 is 0 Å². The monoisotopic (exact) mass is 223 g/mol. The second-order valence-electron chi connectivity index (χ2n) is 3.28. The molecule has 2 aromatic heterocycles. The van der Waals surface area contributed by atoms with E-state index in [1.807, 2.05) is 6.92 Å². The van der Waals surface area contributed by atoms with E-state index in [1.54, 1.807) is 17.1 Å². The van der Waals surface area contributed by atoms with Crippen LogP contribution in [0.3, 0.4) is 0 Å². The molecule has 0 aromatic carbocycles. The lowest BCUT2D eigenvalue weighted by Crippen LogP contribution is -2.11. The maximum Gasteiger partial charge on any atom is 0.222 e. The van der Waals surface area contributed by atoms with Gasteiger partial charge in [-0.05, 0) is 6.92 Å². The predicted octanol–water partition coefficient (Wildman–Crippen LogP) is -0.0641. The van der Waals surface area contributed by atoms with Gasteiger partial charge in [0.05, 0.1) is 25.7 Å². The Hall–Kier alpha value is -1.73. The van der Waals surface area contributed by atoms with Gasteiger partial charge in [0.2, 0.25) is 5.95 Å². The van der Waals surface area contributed by atoms with Crippen molar-refractivity contribution in [3.05, 3.63) is 12.5 Å².